The van der Waals surface area contributed by atoms with E-state index in [4.69, 9.17) is 16.3 Å². The summed E-state index contributed by atoms with van der Waals surface area (Å²) in [6.07, 6.45) is 0. The van der Waals surface area contributed by atoms with Crippen molar-refractivity contribution in [3.8, 4) is 5.75 Å². The monoisotopic (exact) mass is 286 g/mol. The first-order valence-electron chi connectivity index (χ1n) is 5.26. The number of hydrogen-bond acceptors (Lipinski definition) is 5. The SMILES string of the molecule is CCN(C(=O)Cl)C(=O)c1ccc(OC)c([N+](=O)[O-])c1. The number of nitro benzene ring substituents is 1. The lowest BCUT2D eigenvalue weighted by molar-refractivity contribution is -0.385. The van der Waals surface area contributed by atoms with Gasteiger partial charge >= 0.3 is 11.1 Å². The molecule has 1 rings (SSSR count). The molecule has 2 amide bonds. The average Bonchev–Trinajstić information content (AvgIpc) is 2.38. The maximum atomic E-state index is 11.9. The zero-order valence-electron chi connectivity index (χ0n) is 10.3. The van der Waals surface area contributed by atoms with E-state index >= 15 is 0 Å². The highest BCUT2D eigenvalue weighted by molar-refractivity contribution is 6.64. The quantitative estimate of drug-likeness (QED) is 0.367. The normalized spacial score (nSPS) is 9.84. The lowest BCUT2D eigenvalue weighted by atomic mass is 10.1. The van der Waals surface area contributed by atoms with Crippen LogP contribution in [0.2, 0.25) is 0 Å². The third-order valence-corrected chi connectivity index (χ3v) is 2.60. The van der Waals surface area contributed by atoms with Gasteiger partial charge in [0.25, 0.3) is 5.91 Å². The van der Waals surface area contributed by atoms with E-state index in [9.17, 15) is 19.7 Å². The number of hydrogen-bond donors (Lipinski definition) is 0. The lowest BCUT2D eigenvalue weighted by Crippen LogP contribution is -2.32. The maximum Gasteiger partial charge on any atom is 0.323 e. The van der Waals surface area contributed by atoms with Gasteiger partial charge in [0.2, 0.25) is 0 Å². The van der Waals surface area contributed by atoms with Crippen molar-refractivity contribution in [1.29, 1.82) is 0 Å². The minimum absolute atomic E-state index is 0.0108. The molecule has 0 saturated heterocycles. The fourth-order valence-corrected chi connectivity index (χ4v) is 1.67. The molecule has 0 atom stereocenters. The second-order valence-corrected chi connectivity index (χ2v) is 3.77. The number of halogens is 1. The molecule has 0 N–H and O–H groups in total. The van der Waals surface area contributed by atoms with Crippen molar-refractivity contribution in [1.82, 2.24) is 4.90 Å². The fourth-order valence-electron chi connectivity index (χ4n) is 1.47. The highest BCUT2D eigenvalue weighted by Gasteiger charge is 2.23. The van der Waals surface area contributed by atoms with Gasteiger partial charge in [0.15, 0.2) is 5.75 Å². The Bertz CT molecular complexity index is 532. The molecule has 19 heavy (non-hydrogen) atoms. The van der Waals surface area contributed by atoms with Crippen LogP contribution >= 0.6 is 11.6 Å². The highest BCUT2D eigenvalue weighted by Crippen LogP contribution is 2.28. The lowest BCUT2D eigenvalue weighted by Gasteiger charge is -2.15. The largest absolute Gasteiger partial charge is 0.490 e. The first-order chi connectivity index (χ1) is 8.92. The van der Waals surface area contributed by atoms with Crippen LogP contribution in [0, 0.1) is 10.1 Å². The zero-order valence-corrected chi connectivity index (χ0v) is 11.0. The summed E-state index contributed by atoms with van der Waals surface area (Å²) >= 11 is 5.26. The summed E-state index contributed by atoms with van der Waals surface area (Å²) in [5.74, 6) is -0.671. The van der Waals surface area contributed by atoms with Gasteiger partial charge in [0.1, 0.15) is 0 Å². The number of imide groups is 1. The first-order valence-corrected chi connectivity index (χ1v) is 5.63. The number of carbonyl (C=O) groups is 2. The Morgan fingerprint density at radius 3 is 2.53 bits per heavy atom. The Balaban J connectivity index is 3.22. The van der Waals surface area contributed by atoms with Gasteiger partial charge in [-0.1, -0.05) is 0 Å². The van der Waals surface area contributed by atoms with E-state index in [-0.39, 0.29) is 23.5 Å². The van der Waals surface area contributed by atoms with Gasteiger partial charge in [-0.15, -0.1) is 0 Å². The first kappa shape index (κ1) is 14.9. The van der Waals surface area contributed by atoms with Gasteiger partial charge in [0, 0.05) is 18.2 Å². The summed E-state index contributed by atoms with van der Waals surface area (Å²) in [5, 5.41) is 9.90. The minimum atomic E-state index is -0.939. The zero-order chi connectivity index (χ0) is 14.6. The summed E-state index contributed by atoms with van der Waals surface area (Å²) in [6.45, 7) is 1.64. The van der Waals surface area contributed by atoms with E-state index < -0.39 is 16.2 Å². The minimum Gasteiger partial charge on any atom is -0.490 e. The molecule has 0 spiro atoms. The van der Waals surface area contributed by atoms with Gasteiger partial charge in [-0.25, -0.2) is 0 Å². The van der Waals surface area contributed by atoms with Crippen LogP contribution in [0.1, 0.15) is 17.3 Å². The van der Waals surface area contributed by atoms with Crippen LogP contribution in [0.4, 0.5) is 10.5 Å². The third-order valence-electron chi connectivity index (χ3n) is 2.40. The van der Waals surface area contributed by atoms with E-state index in [1.54, 1.807) is 6.92 Å². The molecule has 102 valence electrons. The van der Waals surface area contributed by atoms with Crippen molar-refractivity contribution in [2.45, 2.75) is 6.92 Å². The smallest absolute Gasteiger partial charge is 0.323 e. The van der Waals surface area contributed by atoms with Crippen LogP contribution in [0.15, 0.2) is 18.2 Å². The number of ether oxygens (including phenoxy) is 1. The third kappa shape index (κ3) is 3.19. The van der Waals surface area contributed by atoms with Crippen LogP contribution < -0.4 is 4.74 Å². The standard InChI is InChI=1S/C11H11ClN2O5/c1-3-13(11(12)16)10(15)7-4-5-9(19-2)8(6-7)14(17)18/h4-6H,3H2,1-2H3. The number of amides is 2. The molecule has 0 radical (unpaired) electrons. The molecule has 0 unspecified atom stereocenters. The molecule has 0 saturated carbocycles. The number of methoxy groups -OCH3 is 1. The number of benzene rings is 1. The van der Waals surface area contributed by atoms with E-state index in [1.807, 2.05) is 0 Å². The molecular formula is C11H11ClN2O5. The molecule has 0 aromatic heterocycles. The van der Waals surface area contributed by atoms with Gasteiger partial charge < -0.3 is 4.74 Å². The molecule has 1 aromatic carbocycles. The molecule has 0 aliphatic heterocycles. The second-order valence-electron chi connectivity index (χ2n) is 3.45. The Morgan fingerprint density at radius 2 is 2.11 bits per heavy atom. The molecule has 7 nitrogen and oxygen atoms in total. The van der Waals surface area contributed by atoms with Crippen molar-refractivity contribution in [3.63, 3.8) is 0 Å². The summed E-state index contributed by atoms with van der Waals surface area (Å²) in [4.78, 5) is 33.9. The van der Waals surface area contributed by atoms with Crippen LogP contribution in [-0.4, -0.2) is 34.8 Å². The maximum absolute atomic E-state index is 11.9. The van der Waals surface area contributed by atoms with Crippen LogP contribution in [0.5, 0.6) is 5.75 Å². The Labute approximate surface area is 113 Å². The molecule has 0 bridgehead atoms. The van der Waals surface area contributed by atoms with Gasteiger partial charge in [0.05, 0.1) is 12.0 Å². The van der Waals surface area contributed by atoms with Gasteiger partial charge in [-0.05, 0) is 30.7 Å². The Hall–Kier alpha value is -2.15. The average molecular weight is 287 g/mol. The van der Waals surface area contributed by atoms with Gasteiger partial charge in [-0.2, -0.15) is 0 Å². The van der Waals surface area contributed by atoms with Crippen molar-refractivity contribution in [3.05, 3.63) is 33.9 Å². The number of carbonyl (C=O) groups excluding carboxylic acids is 2. The van der Waals surface area contributed by atoms with E-state index in [1.165, 1.54) is 19.2 Å². The van der Waals surface area contributed by atoms with Crippen LogP contribution in [0.25, 0.3) is 0 Å². The van der Waals surface area contributed by atoms with E-state index in [2.05, 4.69) is 0 Å². The molecule has 0 heterocycles. The van der Waals surface area contributed by atoms with Crippen molar-refractivity contribution < 1.29 is 19.2 Å². The molecule has 0 aliphatic carbocycles. The fraction of sp³-hybridized carbons (Fsp3) is 0.273. The highest BCUT2D eigenvalue weighted by atomic mass is 35.5. The number of rotatable bonds is 4. The predicted octanol–water partition coefficient (Wildman–Crippen LogP) is 2.42. The summed E-state index contributed by atoms with van der Waals surface area (Å²) < 4.78 is 4.82. The molecular weight excluding hydrogens is 276 g/mol. The summed E-state index contributed by atoms with van der Waals surface area (Å²) in [5.41, 5.74) is -0.366. The Kier molecular flexibility index (Phi) is 4.82. The molecule has 8 heteroatoms. The van der Waals surface area contributed by atoms with E-state index in [0.717, 1.165) is 11.0 Å². The molecule has 0 aliphatic rings. The Morgan fingerprint density at radius 1 is 1.47 bits per heavy atom. The van der Waals surface area contributed by atoms with Crippen LogP contribution in [0.3, 0.4) is 0 Å². The predicted molar refractivity (Wildman–Crippen MR) is 67.6 cm³/mol. The molecule has 0 fully saturated rings. The number of nitrogens with zero attached hydrogens (tertiary/aromatic N) is 2. The van der Waals surface area contributed by atoms with Crippen molar-refractivity contribution >= 4 is 28.6 Å². The van der Waals surface area contributed by atoms with E-state index in [0.29, 0.717) is 0 Å². The van der Waals surface area contributed by atoms with Crippen molar-refractivity contribution in [2.75, 3.05) is 13.7 Å². The van der Waals surface area contributed by atoms with Crippen LogP contribution in [-0.2, 0) is 0 Å². The summed E-state index contributed by atoms with van der Waals surface area (Å²) in [7, 11) is 1.28. The number of nitro groups is 1. The van der Waals surface area contributed by atoms with Gasteiger partial charge in [-0.3, -0.25) is 24.6 Å². The van der Waals surface area contributed by atoms with Crippen molar-refractivity contribution in [2.24, 2.45) is 0 Å². The topological polar surface area (TPSA) is 89.8 Å². The second kappa shape index (κ2) is 6.14. The molecule has 1 aromatic rings. The summed E-state index contributed by atoms with van der Waals surface area (Å²) in [6, 6.07) is 3.66.